The summed E-state index contributed by atoms with van der Waals surface area (Å²) in [6.45, 7) is -0.673. The second-order valence-electron chi connectivity index (χ2n) is 6.00. The van der Waals surface area contributed by atoms with Crippen molar-refractivity contribution < 1.29 is 33.8 Å². The van der Waals surface area contributed by atoms with Crippen molar-refractivity contribution in [1.29, 1.82) is 0 Å². The van der Waals surface area contributed by atoms with Gasteiger partial charge in [-0.25, -0.2) is 19.5 Å². The molecule has 0 saturated carbocycles. The van der Waals surface area contributed by atoms with Gasteiger partial charge in [-0.3, -0.25) is 9.09 Å². The van der Waals surface area contributed by atoms with Crippen molar-refractivity contribution in [3.8, 4) is 0 Å². The van der Waals surface area contributed by atoms with Crippen molar-refractivity contribution in [2.75, 3.05) is 24.6 Å². The largest absolute Gasteiger partial charge is 0.469 e. The molecule has 3 rings (SSSR count). The summed E-state index contributed by atoms with van der Waals surface area (Å²) in [6.07, 6.45) is -3.29. The number of phosphoric acid groups is 1. The van der Waals surface area contributed by atoms with E-state index >= 15 is 0 Å². The number of ether oxygens (including phenoxy) is 1. The highest BCUT2D eigenvalue weighted by molar-refractivity contribution is 7.46. The van der Waals surface area contributed by atoms with Gasteiger partial charge in [-0.05, 0) is 6.54 Å². The van der Waals surface area contributed by atoms with E-state index in [-0.39, 0.29) is 35.9 Å². The fourth-order valence-electron chi connectivity index (χ4n) is 3.18. The van der Waals surface area contributed by atoms with E-state index in [1.54, 1.807) is 0 Å². The monoisotopic (exact) mass is 405 g/mol. The number of anilines is 2. The van der Waals surface area contributed by atoms with E-state index < -0.39 is 38.5 Å². The van der Waals surface area contributed by atoms with Crippen molar-refractivity contribution in [3.63, 3.8) is 0 Å². The van der Waals surface area contributed by atoms with E-state index in [1.807, 2.05) is 0 Å². The summed E-state index contributed by atoms with van der Waals surface area (Å²) in [4.78, 5) is 29.7. The van der Waals surface area contributed by atoms with Gasteiger partial charge in [-0.2, -0.15) is 0 Å². The second-order valence-corrected chi connectivity index (χ2v) is 7.24. The van der Waals surface area contributed by atoms with Crippen LogP contribution in [0.2, 0.25) is 0 Å². The molecule has 10 N–H and O–H groups in total. The molecule has 2 aromatic rings. The number of rotatable bonds is 6. The van der Waals surface area contributed by atoms with Gasteiger partial charge >= 0.3 is 7.82 Å². The summed E-state index contributed by atoms with van der Waals surface area (Å²) in [5.41, 5.74) is 16.0. The van der Waals surface area contributed by atoms with Crippen molar-refractivity contribution in [3.05, 3.63) is 6.33 Å². The summed E-state index contributed by atoms with van der Waals surface area (Å²) in [6, 6.07) is 0. The molecule has 1 fully saturated rings. The maximum Gasteiger partial charge on any atom is 0.469 e. The van der Waals surface area contributed by atoms with Gasteiger partial charge < -0.3 is 41.9 Å². The number of fused-ring (bicyclic) bond motifs is 1. The van der Waals surface area contributed by atoms with E-state index in [9.17, 15) is 14.8 Å². The number of nitrogens with two attached hydrogens (primary N) is 3. The van der Waals surface area contributed by atoms with Crippen molar-refractivity contribution in [1.82, 2.24) is 19.5 Å². The first-order valence-corrected chi connectivity index (χ1v) is 9.32. The highest BCUT2D eigenvalue weighted by Crippen LogP contribution is 2.44. The Morgan fingerprint density at radius 3 is 2.67 bits per heavy atom. The number of aliphatic hydroxyl groups is 2. The van der Waals surface area contributed by atoms with Gasteiger partial charge in [-0.1, -0.05) is 0 Å². The Labute approximate surface area is 152 Å². The van der Waals surface area contributed by atoms with Crippen LogP contribution in [0, 0.1) is 0 Å². The van der Waals surface area contributed by atoms with Crippen LogP contribution >= 0.6 is 7.82 Å². The number of nitrogens with zero attached hydrogens (tertiary/aromatic N) is 4. The van der Waals surface area contributed by atoms with E-state index in [0.29, 0.717) is 0 Å². The van der Waals surface area contributed by atoms with Crippen LogP contribution in [0.5, 0.6) is 0 Å². The third-order valence-electron chi connectivity index (χ3n) is 4.31. The molecule has 0 unspecified atom stereocenters. The molecule has 0 bridgehead atoms. The number of aliphatic hydroxyl groups excluding tert-OH is 2. The lowest BCUT2D eigenvalue weighted by molar-refractivity contribution is -0.146. The van der Waals surface area contributed by atoms with Gasteiger partial charge in [0.1, 0.15) is 24.6 Å². The first-order valence-electron chi connectivity index (χ1n) is 7.79. The van der Waals surface area contributed by atoms with Crippen LogP contribution in [0.25, 0.3) is 11.2 Å². The molecule has 27 heavy (non-hydrogen) atoms. The van der Waals surface area contributed by atoms with Gasteiger partial charge in [0.25, 0.3) is 0 Å². The lowest BCUT2D eigenvalue weighted by Gasteiger charge is -2.34. The van der Waals surface area contributed by atoms with Crippen LogP contribution in [-0.4, -0.2) is 71.0 Å². The number of nitrogen functional groups attached to an aromatic ring is 2. The lowest BCUT2D eigenvalue weighted by Crippen LogP contribution is -2.47. The summed E-state index contributed by atoms with van der Waals surface area (Å²) >= 11 is 0. The third kappa shape index (κ3) is 3.37. The normalized spacial score (nSPS) is 28.9. The standard InChI is InChI=1S/C12H20N7O7P/c13-2-1-12(8(21)7(20)5(26-12)3-25-27(22,23)24)19-10-6(18-11(19)15)9(14)16-4-17-10/h4-5,7-8,20-21H,1-3,13H2,(H2,15,18)(H2,14,16,17)(H2,22,23,24)/t5-,7-,8-,12-/m1/s1. The van der Waals surface area contributed by atoms with Crippen LogP contribution in [0.1, 0.15) is 6.42 Å². The molecule has 0 spiro atoms. The first-order chi connectivity index (χ1) is 12.6. The van der Waals surface area contributed by atoms with Gasteiger partial charge in [0.2, 0.25) is 5.95 Å². The van der Waals surface area contributed by atoms with Crippen molar-refractivity contribution in [2.24, 2.45) is 5.73 Å². The van der Waals surface area contributed by atoms with Gasteiger partial charge in [0, 0.05) is 6.42 Å². The Bertz CT molecular complexity index is 888. The van der Waals surface area contributed by atoms with Gasteiger partial charge in [0.05, 0.1) is 6.61 Å². The van der Waals surface area contributed by atoms with E-state index in [4.69, 9.17) is 31.7 Å². The van der Waals surface area contributed by atoms with Crippen LogP contribution in [-0.2, 0) is 19.6 Å². The summed E-state index contributed by atoms with van der Waals surface area (Å²) in [5.74, 6) is -0.0868. The predicted molar refractivity (Wildman–Crippen MR) is 90.7 cm³/mol. The van der Waals surface area contributed by atoms with Crippen LogP contribution < -0.4 is 17.2 Å². The molecule has 2 aromatic heterocycles. The number of hydrogen-bond acceptors (Lipinski definition) is 11. The minimum atomic E-state index is -4.82. The van der Waals surface area contributed by atoms with E-state index in [1.165, 1.54) is 4.57 Å². The Morgan fingerprint density at radius 1 is 1.33 bits per heavy atom. The van der Waals surface area contributed by atoms with E-state index in [2.05, 4.69) is 19.5 Å². The highest BCUT2D eigenvalue weighted by Gasteiger charge is 2.56. The molecule has 0 radical (unpaired) electrons. The molecular weight excluding hydrogens is 385 g/mol. The SMILES string of the molecule is NCC[C@@]1(n2c(N)nc3c(N)ncnc32)O[C@H](COP(=O)(O)O)[C@@H](O)[C@H]1O. The van der Waals surface area contributed by atoms with E-state index in [0.717, 1.165) is 6.33 Å². The quantitative estimate of drug-likeness (QED) is 0.241. The molecule has 1 aliphatic rings. The van der Waals surface area contributed by atoms with Gasteiger partial charge in [-0.15, -0.1) is 0 Å². The van der Waals surface area contributed by atoms with Gasteiger partial charge in [0.15, 0.2) is 22.7 Å². The Morgan fingerprint density at radius 2 is 2.04 bits per heavy atom. The molecule has 0 amide bonds. The summed E-state index contributed by atoms with van der Waals surface area (Å²) in [7, 11) is -4.82. The zero-order valence-corrected chi connectivity index (χ0v) is 14.8. The number of imidazole rings is 1. The highest BCUT2D eigenvalue weighted by atomic mass is 31.2. The van der Waals surface area contributed by atoms with Crippen molar-refractivity contribution >= 4 is 30.8 Å². The molecular formula is C12H20N7O7P. The molecule has 15 heteroatoms. The molecule has 0 aliphatic carbocycles. The fraction of sp³-hybridized carbons (Fsp3) is 0.583. The first kappa shape index (κ1) is 19.9. The van der Waals surface area contributed by atoms with Crippen LogP contribution in [0.3, 0.4) is 0 Å². The minimum absolute atomic E-state index is 0.00945. The molecule has 4 atom stereocenters. The average molecular weight is 405 g/mol. The average Bonchev–Trinajstić information content (AvgIpc) is 3.04. The third-order valence-corrected chi connectivity index (χ3v) is 4.79. The minimum Gasteiger partial charge on any atom is -0.387 e. The summed E-state index contributed by atoms with van der Waals surface area (Å²) in [5, 5.41) is 21.1. The van der Waals surface area contributed by atoms with Crippen LogP contribution in [0.15, 0.2) is 6.33 Å². The zero-order valence-electron chi connectivity index (χ0n) is 13.9. The fourth-order valence-corrected chi connectivity index (χ4v) is 3.53. The Balaban J connectivity index is 2.08. The topological polar surface area (TPSA) is 238 Å². The summed E-state index contributed by atoms with van der Waals surface area (Å²) < 4.78 is 22.4. The lowest BCUT2D eigenvalue weighted by atomic mass is 9.99. The maximum absolute atomic E-state index is 10.9. The van der Waals surface area contributed by atoms with Crippen LogP contribution in [0.4, 0.5) is 11.8 Å². The molecule has 150 valence electrons. The number of aromatic nitrogens is 4. The molecule has 1 aliphatic heterocycles. The maximum atomic E-state index is 10.9. The van der Waals surface area contributed by atoms with Crippen molar-refractivity contribution in [2.45, 2.75) is 30.5 Å². The molecule has 14 nitrogen and oxygen atoms in total. The Kier molecular flexibility index (Phi) is 5.09. The predicted octanol–water partition coefficient (Wildman–Crippen LogP) is -2.78. The zero-order chi connectivity index (χ0) is 20.0. The molecule has 0 aromatic carbocycles. The Hall–Kier alpha value is -1.90. The number of hydrogen-bond donors (Lipinski definition) is 7. The number of phosphoric ester groups is 1. The molecule has 3 heterocycles. The molecule has 1 saturated heterocycles. The smallest absolute Gasteiger partial charge is 0.387 e. The second kappa shape index (κ2) is 6.92.